The standard InChI is InChI=1S/C17H19N5OS/c1-13-17-18-11-14(12-20-6-3-5-19-20)22(17)8-7-21(13)16(23)10-15-4-2-9-24-15/h2-6,9,11,13H,7-8,10,12H2,1H3. The molecule has 0 aliphatic carbocycles. The third kappa shape index (κ3) is 2.75. The van der Waals surface area contributed by atoms with E-state index in [0.717, 1.165) is 29.5 Å². The first kappa shape index (κ1) is 15.1. The van der Waals surface area contributed by atoms with Gasteiger partial charge in [-0.25, -0.2) is 4.98 Å². The van der Waals surface area contributed by atoms with Crippen LogP contribution in [0.1, 0.15) is 29.4 Å². The normalized spacial score (nSPS) is 17.0. The Labute approximate surface area is 144 Å². The van der Waals surface area contributed by atoms with Crippen LogP contribution in [-0.2, 0) is 24.3 Å². The van der Waals surface area contributed by atoms with Gasteiger partial charge in [0.15, 0.2) is 0 Å². The summed E-state index contributed by atoms with van der Waals surface area (Å²) >= 11 is 1.63. The summed E-state index contributed by atoms with van der Waals surface area (Å²) in [5.74, 6) is 1.13. The largest absolute Gasteiger partial charge is 0.331 e. The first-order chi connectivity index (χ1) is 11.7. The zero-order valence-electron chi connectivity index (χ0n) is 13.5. The zero-order chi connectivity index (χ0) is 16.5. The second kappa shape index (κ2) is 6.24. The summed E-state index contributed by atoms with van der Waals surface area (Å²) < 4.78 is 4.12. The molecule has 1 amide bonds. The Kier molecular flexibility index (Phi) is 3.93. The highest BCUT2D eigenvalue weighted by molar-refractivity contribution is 7.10. The van der Waals surface area contributed by atoms with Gasteiger partial charge in [0, 0.05) is 30.4 Å². The molecule has 0 saturated carbocycles. The second-order valence-corrected chi connectivity index (χ2v) is 7.01. The molecule has 4 heterocycles. The smallest absolute Gasteiger partial charge is 0.228 e. The number of fused-ring (bicyclic) bond motifs is 1. The van der Waals surface area contributed by atoms with Crippen molar-refractivity contribution >= 4 is 17.2 Å². The first-order valence-corrected chi connectivity index (χ1v) is 8.94. The zero-order valence-corrected chi connectivity index (χ0v) is 14.3. The van der Waals surface area contributed by atoms with Gasteiger partial charge in [-0.05, 0) is 24.4 Å². The molecule has 124 valence electrons. The summed E-state index contributed by atoms with van der Waals surface area (Å²) in [4.78, 5) is 20.3. The lowest BCUT2D eigenvalue weighted by atomic mass is 10.1. The van der Waals surface area contributed by atoms with Crippen molar-refractivity contribution in [3.05, 3.63) is 58.6 Å². The monoisotopic (exact) mass is 341 g/mol. The van der Waals surface area contributed by atoms with Crippen LogP contribution in [0, 0.1) is 0 Å². The lowest BCUT2D eigenvalue weighted by Crippen LogP contribution is -2.42. The predicted molar refractivity (Wildman–Crippen MR) is 91.7 cm³/mol. The van der Waals surface area contributed by atoms with Gasteiger partial charge < -0.3 is 9.47 Å². The molecule has 3 aromatic rings. The van der Waals surface area contributed by atoms with E-state index in [0.29, 0.717) is 13.0 Å². The van der Waals surface area contributed by atoms with Gasteiger partial charge in [-0.3, -0.25) is 9.48 Å². The Bertz CT molecular complexity index is 821. The van der Waals surface area contributed by atoms with Crippen LogP contribution in [0.25, 0.3) is 0 Å². The van der Waals surface area contributed by atoms with Crippen LogP contribution in [0.4, 0.5) is 0 Å². The summed E-state index contributed by atoms with van der Waals surface area (Å²) in [6, 6.07) is 5.92. The van der Waals surface area contributed by atoms with Crippen LogP contribution >= 0.6 is 11.3 Å². The highest BCUT2D eigenvalue weighted by Gasteiger charge is 2.30. The van der Waals surface area contributed by atoms with Crippen LogP contribution in [0.15, 0.2) is 42.2 Å². The van der Waals surface area contributed by atoms with Crippen LogP contribution < -0.4 is 0 Å². The van der Waals surface area contributed by atoms with E-state index in [1.165, 1.54) is 0 Å². The van der Waals surface area contributed by atoms with Gasteiger partial charge in [0.2, 0.25) is 5.91 Å². The molecule has 1 atom stereocenters. The van der Waals surface area contributed by atoms with Gasteiger partial charge in [-0.2, -0.15) is 5.10 Å². The molecular weight excluding hydrogens is 322 g/mol. The number of thiophene rings is 1. The van der Waals surface area contributed by atoms with Gasteiger partial charge in [-0.1, -0.05) is 6.07 Å². The van der Waals surface area contributed by atoms with E-state index in [1.54, 1.807) is 17.5 Å². The van der Waals surface area contributed by atoms with Crippen molar-refractivity contribution in [3.8, 4) is 0 Å². The average Bonchev–Trinajstić information content (AvgIpc) is 3.31. The number of nitrogens with zero attached hydrogens (tertiary/aromatic N) is 5. The van der Waals surface area contributed by atoms with Crippen molar-refractivity contribution in [1.82, 2.24) is 24.2 Å². The molecule has 1 aliphatic rings. The van der Waals surface area contributed by atoms with Gasteiger partial charge in [0.25, 0.3) is 0 Å². The molecule has 0 aromatic carbocycles. The van der Waals surface area contributed by atoms with Gasteiger partial charge in [0.1, 0.15) is 5.82 Å². The van der Waals surface area contributed by atoms with E-state index in [4.69, 9.17) is 0 Å². The molecule has 0 fully saturated rings. The van der Waals surface area contributed by atoms with Crippen LogP contribution in [-0.4, -0.2) is 36.7 Å². The van der Waals surface area contributed by atoms with Crippen molar-refractivity contribution in [2.75, 3.05) is 6.54 Å². The van der Waals surface area contributed by atoms with Crippen molar-refractivity contribution < 1.29 is 4.79 Å². The summed E-state index contributed by atoms with van der Waals surface area (Å²) in [6.45, 7) is 4.27. The minimum atomic E-state index is -0.00224. The number of imidazole rings is 1. The van der Waals surface area contributed by atoms with Crippen molar-refractivity contribution in [2.24, 2.45) is 0 Å². The van der Waals surface area contributed by atoms with Gasteiger partial charge >= 0.3 is 0 Å². The summed E-state index contributed by atoms with van der Waals surface area (Å²) in [7, 11) is 0. The fraction of sp³-hybridized carbons (Fsp3) is 0.353. The first-order valence-electron chi connectivity index (χ1n) is 8.06. The predicted octanol–water partition coefficient (Wildman–Crippen LogP) is 2.34. The third-order valence-corrected chi connectivity index (χ3v) is 5.36. The Morgan fingerprint density at radius 2 is 2.29 bits per heavy atom. The maximum absolute atomic E-state index is 12.6. The highest BCUT2D eigenvalue weighted by atomic mass is 32.1. The lowest BCUT2D eigenvalue weighted by Gasteiger charge is -2.34. The molecule has 0 saturated heterocycles. The topological polar surface area (TPSA) is 56.0 Å². The summed E-state index contributed by atoms with van der Waals surface area (Å²) in [5, 5.41) is 6.27. The Morgan fingerprint density at radius 1 is 1.38 bits per heavy atom. The summed E-state index contributed by atoms with van der Waals surface area (Å²) in [5.41, 5.74) is 1.13. The van der Waals surface area contributed by atoms with Crippen molar-refractivity contribution in [1.29, 1.82) is 0 Å². The van der Waals surface area contributed by atoms with E-state index in [-0.39, 0.29) is 11.9 Å². The molecule has 0 N–H and O–H groups in total. The number of rotatable bonds is 4. The molecule has 0 bridgehead atoms. The number of aromatic nitrogens is 4. The number of amides is 1. The minimum absolute atomic E-state index is 0.00224. The maximum atomic E-state index is 12.6. The van der Waals surface area contributed by atoms with Crippen LogP contribution in [0.3, 0.4) is 0 Å². The fourth-order valence-corrected chi connectivity index (χ4v) is 3.95. The van der Waals surface area contributed by atoms with Crippen LogP contribution in [0.5, 0.6) is 0 Å². The van der Waals surface area contributed by atoms with Crippen LogP contribution in [0.2, 0.25) is 0 Å². The summed E-state index contributed by atoms with van der Waals surface area (Å²) in [6.07, 6.45) is 6.10. The Balaban J connectivity index is 1.51. The number of hydrogen-bond donors (Lipinski definition) is 0. The molecule has 7 heteroatoms. The van der Waals surface area contributed by atoms with Crippen molar-refractivity contribution in [2.45, 2.75) is 32.5 Å². The second-order valence-electron chi connectivity index (χ2n) is 5.98. The minimum Gasteiger partial charge on any atom is -0.331 e. The highest BCUT2D eigenvalue weighted by Crippen LogP contribution is 2.26. The molecule has 24 heavy (non-hydrogen) atoms. The quantitative estimate of drug-likeness (QED) is 0.732. The van der Waals surface area contributed by atoms with E-state index in [1.807, 2.05) is 45.6 Å². The lowest BCUT2D eigenvalue weighted by molar-refractivity contribution is -0.133. The molecule has 0 radical (unpaired) electrons. The average molecular weight is 341 g/mol. The van der Waals surface area contributed by atoms with E-state index in [2.05, 4.69) is 21.6 Å². The molecular formula is C17H19N5OS. The third-order valence-electron chi connectivity index (χ3n) is 4.48. The van der Waals surface area contributed by atoms with E-state index in [9.17, 15) is 4.79 Å². The maximum Gasteiger partial charge on any atom is 0.228 e. The SMILES string of the molecule is CC1c2ncc(Cn3cccn3)n2CCN1C(=O)Cc1cccs1. The molecule has 4 rings (SSSR count). The molecule has 1 aliphatic heterocycles. The van der Waals surface area contributed by atoms with Gasteiger partial charge in [0.05, 0.1) is 30.9 Å². The number of carbonyl (C=O) groups excluding carboxylic acids is 1. The Morgan fingerprint density at radius 3 is 3.04 bits per heavy atom. The van der Waals surface area contributed by atoms with E-state index >= 15 is 0 Å². The molecule has 3 aromatic heterocycles. The van der Waals surface area contributed by atoms with E-state index < -0.39 is 0 Å². The molecule has 1 unspecified atom stereocenters. The molecule has 0 spiro atoms. The molecule has 6 nitrogen and oxygen atoms in total. The number of carbonyl (C=O) groups is 1. The number of hydrogen-bond acceptors (Lipinski definition) is 4. The fourth-order valence-electron chi connectivity index (χ4n) is 3.25. The Hall–Kier alpha value is -2.41. The van der Waals surface area contributed by atoms with Crippen molar-refractivity contribution in [3.63, 3.8) is 0 Å². The van der Waals surface area contributed by atoms with Gasteiger partial charge in [-0.15, -0.1) is 11.3 Å².